The van der Waals surface area contributed by atoms with Gasteiger partial charge in [0.05, 0.1) is 12.1 Å². The summed E-state index contributed by atoms with van der Waals surface area (Å²) >= 11 is 0. The summed E-state index contributed by atoms with van der Waals surface area (Å²) in [6.45, 7) is 16.5. The quantitative estimate of drug-likeness (QED) is 0.143. The number of hydrogen-bond acceptors (Lipinski definition) is 2. The first-order valence-electron chi connectivity index (χ1n) is 9.85. The summed E-state index contributed by atoms with van der Waals surface area (Å²) < 4.78 is 73.4. The maximum absolute atomic E-state index is 12.2. The van der Waals surface area contributed by atoms with Crippen LogP contribution in [0.5, 0.6) is 0 Å². The topological polar surface area (TPSA) is 52.9 Å². The van der Waals surface area contributed by atoms with Crippen LogP contribution in [-0.2, 0) is 34.1 Å². The van der Waals surface area contributed by atoms with Gasteiger partial charge in [-0.25, -0.2) is 0 Å². The minimum absolute atomic E-state index is 0. The molecule has 0 saturated heterocycles. The van der Waals surface area contributed by atoms with Crippen LogP contribution < -0.4 is 0 Å². The van der Waals surface area contributed by atoms with Gasteiger partial charge in [0, 0.05) is 0 Å². The molecular weight excluding hydrogens is 537 g/mol. The van der Waals surface area contributed by atoms with Crippen molar-refractivity contribution in [2.75, 3.05) is 0 Å². The van der Waals surface area contributed by atoms with Crippen molar-refractivity contribution in [1.82, 2.24) is 0 Å². The van der Waals surface area contributed by atoms with Gasteiger partial charge in [0.1, 0.15) is 0 Å². The molecule has 0 aromatic rings. The van der Waals surface area contributed by atoms with E-state index >= 15 is 0 Å². The molecule has 0 bridgehead atoms. The number of aliphatic imine (C=N–C) groups is 2. The van der Waals surface area contributed by atoms with Crippen molar-refractivity contribution in [3.8, 4) is 0 Å². The number of rotatable bonds is 4. The van der Waals surface area contributed by atoms with Gasteiger partial charge in [-0.2, -0.15) is 26.3 Å². The third-order valence-electron chi connectivity index (χ3n) is 3.19. The summed E-state index contributed by atoms with van der Waals surface area (Å²) in [4.78, 5) is 8.26. The fourth-order valence-electron chi connectivity index (χ4n) is 1.77. The van der Waals surface area contributed by atoms with Crippen LogP contribution in [0.15, 0.2) is 9.98 Å². The Labute approximate surface area is 210 Å². The Kier molecular flexibility index (Phi) is 18.7. The molecule has 32 heavy (non-hydrogen) atoms. The number of alkyl halides is 6. The molecule has 0 aromatic heterocycles. The normalized spacial score (nSPS) is 15.4. The van der Waals surface area contributed by atoms with Crippen LogP contribution in [0.25, 0.3) is 10.6 Å². The molecule has 0 heterocycles. The Morgan fingerprint density at radius 1 is 0.625 bits per heavy atom. The van der Waals surface area contributed by atoms with Gasteiger partial charge >= 0.3 is 46.5 Å². The van der Waals surface area contributed by atoms with E-state index in [-0.39, 0.29) is 56.9 Å². The fourth-order valence-corrected chi connectivity index (χ4v) is 1.77. The average Bonchev–Trinajstić information content (AvgIpc) is 2.49. The van der Waals surface area contributed by atoms with E-state index < -0.39 is 24.4 Å². The summed E-state index contributed by atoms with van der Waals surface area (Å²) in [6.07, 6.45) is -7.74. The first kappa shape index (κ1) is 38.8. The summed E-state index contributed by atoms with van der Waals surface area (Å²) in [5, 5.41) is 7.15. The van der Waals surface area contributed by atoms with Crippen molar-refractivity contribution in [2.24, 2.45) is 9.98 Å². The Hall–Kier alpha value is -0.441. The van der Waals surface area contributed by atoms with E-state index in [4.69, 9.17) is 0 Å². The Morgan fingerprint density at radius 2 is 0.844 bits per heavy atom. The minimum Gasteiger partial charge on any atom is -0.463 e. The second kappa shape index (κ2) is 15.5. The smallest absolute Gasteiger partial charge is 0.463 e. The third kappa shape index (κ3) is 21.4. The first-order valence-corrected chi connectivity index (χ1v) is 9.85. The van der Waals surface area contributed by atoms with Gasteiger partial charge in [0.15, 0.2) is 0 Å². The Bertz CT molecular complexity index is 512. The van der Waals surface area contributed by atoms with Crippen molar-refractivity contribution >= 4 is 11.7 Å². The molecule has 0 aliphatic heterocycles. The van der Waals surface area contributed by atoms with E-state index in [0.717, 1.165) is 13.8 Å². The van der Waals surface area contributed by atoms with Gasteiger partial charge in [0.2, 0.25) is 0 Å². The van der Waals surface area contributed by atoms with Crippen molar-refractivity contribution < 1.29 is 60.5 Å². The van der Waals surface area contributed by atoms with E-state index in [0.29, 0.717) is 12.8 Å². The number of halogens is 6. The molecule has 0 saturated carbocycles. The molecule has 0 aliphatic rings. The average molecular weight is 574 g/mol. The third-order valence-corrected chi connectivity index (χ3v) is 3.19. The van der Waals surface area contributed by atoms with Crippen LogP contribution in [0.3, 0.4) is 0 Å². The van der Waals surface area contributed by atoms with Crippen LogP contribution in [0.1, 0.15) is 82.1 Å². The monoisotopic (exact) mass is 572 g/mol. The van der Waals surface area contributed by atoms with Crippen LogP contribution in [0.4, 0.5) is 26.3 Å². The van der Waals surface area contributed by atoms with Crippen LogP contribution in [0.2, 0.25) is 0 Å². The molecule has 0 amide bonds. The molecule has 200 valence electrons. The molecule has 0 rings (SSSR count). The molecule has 0 aromatic carbocycles. The molecule has 12 heteroatoms. The van der Waals surface area contributed by atoms with E-state index in [1.54, 1.807) is 13.8 Å². The number of amidine groups is 2. The summed E-state index contributed by atoms with van der Waals surface area (Å²) in [7, 11) is 0. The second-order valence-corrected chi connectivity index (χ2v) is 8.80. The van der Waals surface area contributed by atoms with Crippen molar-refractivity contribution in [1.29, 1.82) is 0 Å². The molecular formula is C20H36Cu2F6N4. The van der Waals surface area contributed by atoms with Gasteiger partial charge < -0.3 is 20.6 Å². The van der Waals surface area contributed by atoms with Crippen molar-refractivity contribution in [3.63, 3.8) is 0 Å². The number of hydrogen-bond donors (Lipinski definition) is 0. The van der Waals surface area contributed by atoms with Crippen LogP contribution >= 0.6 is 0 Å². The zero-order valence-corrected chi connectivity index (χ0v) is 22.1. The summed E-state index contributed by atoms with van der Waals surface area (Å²) in [6, 6.07) is -3.36. The van der Waals surface area contributed by atoms with Gasteiger partial charge in [-0.05, 0) is 23.9 Å². The summed E-state index contributed by atoms with van der Waals surface area (Å²) in [5.41, 5.74) is -0.777. The van der Waals surface area contributed by atoms with Crippen molar-refractivity contribution in [2.45, 2.75) is 118 Å². The van der Waals surface area contributed by atoms with E-state index in [1.807, 2.05) is 41.5 Å². The predicted molar refractivity (Wildman–Crippen MR) is 113 cm³/mol. The predicted octanol–water partition coefficient (Wildman–Crippen LogP) is 7.83. The fraction of sp³-hybridized carbons (Fsp3) is 0.900. The Morgan fingerprint density at radius 3 is 0.969 bits per heavy atom. The Balaban J connectivity index is -0.000000231. The molecule has 2 unspecified atom stereocenters. The summed E-state index contributed by atoms with van der Waals surface area (Å²) in [5.74, 6) is 0.541. The molecule has 0 fully saturated rings. The molecule has 0 N–H and O–H groups in total. The number of nitrogens with zero attached hydrogens (tertiary/aromatic N) is 4. The largest absolute Gasteiger partial charge is 1.00 e. The molecule has 0 aliphatic carbocycles. The van der Waals surface area contributed by atoms with Crippen LogP contribution in [-0.4, -0.2) is 47.2 Å². The van der Waals surface area contributed by atoms with Gasteiger partial charge in [-0.15, -0.1) is 0 Å². The maximum Gasteiger partial charge on any atom is 1.00 e. The molecule has 4 nitrogen and oxygen atoms in total. The SMILES string of the molecule is CCC(=NC(C)(C)C)[N-]C(C)C(F)(F)F.CCC(=NC(C)(C)C)[N-]C(C)C(F)(F)F.[Cu+].[Cu+]. The van der Waals surface area contributed by atoms with Crippen LogP contribution in [0, 0.1) is 0 Å². The van der Waals surface area contributed by atoms with E-state index in [1.165, 1.54) is 0 Å². The zero-order chi connectivity index (χ0) is 24.6. The first-order chi connectivity index (χ1) is 13.1. The standard InChI is InChI=1S/2C10H18F3N2.2Cu/c2*1-6-8(15-9(3,4)5)14-7(2)10(11,12)13;;/h2*7H,6H2,1-5H3;;/q2*-1;2*+1. The van der Waals surface area contributed by atoms with E-state index in [2.05, 4.69) is 20.6 Å². The van der Waals surface area contributed by atoms with Gasteiger partial charge in [-0.1, -0.05) is 80.9 Å². The van der Waals surface area contributed by atoms with Gasteiger partial charge in [0.25, 0.3) is 0 Å². The zero-order valence-electron chi connectivity index (χ0n) is 20.2. The second-order valence-electron chi connectivity index (χ2n) is 8.80. The van der Waals surface area contributed by atoms with Crippen molar-refractivity contribution in [3.05, 3.63) is 10.6 Å². The molecule has 0 radical (unpaired) electrons. The molecule has 0 spiro atoms. The van der Waals surface area contributed by atoms with E-state index in [9.17, 15) is 26.3 Å². The van der Waals surface area contributed by atoms with Gasteiger partial charge in [-0.3, -0.25) is 0 Å². The minimum atomic E-state index is -4.28. The molecule has 2 atom stereocenters. The maximum atomic E-state index is 12.2.